The molecule has 0 fully saturated rings. The minimum absolute atomic E-state index is 0. The van der Waals surface area contributed by atoms with Crippen molar-refractivity contribution in [3.8, 4) is 0 Å². The van der Waals surface area contributed by atoms with Gasteiger partial charge in [0.25, 0.3) is 0 Å². The van der Waals surface area contributed by atoms with Gasteiger partial charge in [-0.15, -0.1) is 0 Å². The van der Waals surface area contributed by atoms with Gasteiger partial charge in [-0.3, -0.25) is 0 Å². The van der Waals surface area contributed by atoms with Crippen molar-refractivity contribution in [2.24, 2.45) is 0 Å². The summed E-state index contributed by atoms with van der Waals surface area (Å²) in [7, 11) is 0. The fraction of sp³-hybridized carbons (Fsp3) is 0.500. The summed E-state index contributed by atoms with van der Waals surface area (Å²) >= 11 is 0. The Morgan fingerprint density at radius 3 is 1.67 bits per heavy atom. The van der Waals surface area contributed by atoms with E-state index in [9.17, 15) is 0 Å². The first kappa shape index (κ1) is 17.7. The molecule has 0 aliphatic rings. The zero-order chi connectivity index (χ0) is 3.41. The maximum absolute atomic E-state index is 8.92. The smallest absolute Gasteiger partial charge is 0.145 e. The predicted molar refractivity (Wildman–Crippen MR) is 20.4 cm³/mol. The Labute approximate surface area is 35.0 Å². The van der Waals surface area contributed by atoms with Crippen LogP contribution in [-0.2, 0) is 4.79 Å². The summed E-state index contributed by atoms with van der Waals surface area (Å²) in [5.74, 6) is 0. The second kappa shape index (κ2) is 23.9. The molecule has 0 aromatic heterocycles. The molecule has 40 valence electrons. The van der Waals surface area contributed by atoms with E-state index in [-0.39, 0.29) is 17.6 Å². The van der Waals surface area contributed by atoms with E-state index >= 15 is 0 Å². The van der Waals surface area contributed by atoms with E-state index in [1.807, 2.05) is 0 Å². The van der Waals surface area contributed by atoms with Gasteiger partial charge < -0.3 is 20.9 Å². The second-order valence-electron chi connectivity index (χ2n) is 0.349. The number of carbonyl (C=O) groups is 1. The van der Waals surface area contributed by atoms with Gasteiger partial charge in [-0.1, -0.05) is 0 Å². The number of rotatable bonds is 1. The van der Waals surface area contributed by atoms with Crippen molar-refractivity contribution >= 4 is 6.29 Å². The SMILES string of the molecule is O.O.O=CCO. The van der Waals surface area contributed by atoms with Crippen LogP contribution in [0.3, 0.4) is 0 Å². The van der Waals surface area contributed by atoms with Crippen LogP contribution in [-0.4, -0.2) is 29.0 Å². The molecule has 0 spiro atoms. The topological polar surface area (TPSA) is 100 Å². The Morgan fingerprint density at radius 2 is 1.67 bits per heavy atom. The van der Waals surface area contributed by atoms with Crippen molar-refractivity contribution in [3.05, 3.63) is 0 Å². The number of carbonyl (C=O) groups excluding carboxylic acids is 1. The van der Waals surface area contributed by atoms with Crippen LogP contribution in [0.4, 0.5) is 0 Å². The summed E-state index contributed by atoms with van der Waals surface area (Å²) in [5.41, 5.74) is 0. The molecule has 0 amide bonds. The van der Waals surface area contributed by atoms with E-state index in [4.69, 9.17) is 9.90 Å². The summed E-state index contributed by atoms with van der Waals surface area (Å²) in [4.78, 5) is 8.92. The Hall–Kier alpha value is -0.450. The van der Waals surface area contributed by atoms with Crippen LogP contribution in [0.15, 0.2) is 0 Å². The Morgan fingerprint density at radius 1 is 1.50 bits per heavy atom. The highest BCUT2D eigenvalue weighted by atomic mass is 16.3. The number of aliphatic hydroxyl groups is 1. The van der Waals surface area contributed by atoms with Gasteiger partial charge in [0, 0.05) is 0 Å². The van der Waals surface area contributed by atoms with Crippen molar-refractivity contribution in [1.82, 2.24) is 0 Å². The van der Waals surface area contributed by atoms with Crippen molar-refractivity contribution in [2.45, 2.75) is 0 Å². The third-order valence-corrected chi connectivity index (χ3v) is 0.0745. The Bertz CT molecular complexity index is 19.5. The first-order valence-corrected chi connectivity index (χ1v) is 0.960. The van der Waals surface area contributed by atoms with Crippen LogP contribution in [0.5, 0.6) is 0 Å². The lowest BCUT2D eigenvalue weighted by atomic mass is 10.9. The van der Waals surface area contributed by atoms with E-state index in [0.717, 1.165) is 0 Å². The van der Waals surface area contributed by atoms with E-state index in [2.05, 4.69) is 0 Å². The van der Waals surface area contributed by atoms with E-state index in [0.29, 0.717) is 6.29 Å². The number of hydrogen-bond donors (Lipinski definition) is 1. The summed E-state index contributed by atoms with van der Waals surface area (Å²) in [6.07, 6.45) is 0.431. The molecule has 4 nitrogen and oxygen atoms in total. The van der Waals surface area contributed by atoms with Crippen molar-refractivity contribution in [2.75, 3.05) is 6.61 Å². The van der Waals surface area contributed by atoms with Crippen molar-refractivity contribution < 1.29 is 20.9 Å². The molecule has 0 atom stereocenters. The molecule has 5 N–H and O–H groups in total. The van der Waals surface area contributed by atoms with Crippen LogP contribution >= 0.6 is 0 Å². The Kier molecular flexibility index (Phi) is 70.3. The maximum Gasteiger partial charge on any atom is 0.145 e. The maximum atomic E-state index is 8.92. The average Bonchev–Trinajstić information content (AvgIpc) is 1.37. The first-order chi connectivity index (χ1) is 1.91. The van der Waals surface area contributed by atoms with Gasteiger partial charge in [0.15, 0.2) is 0 Å². The van der Waals surface area contributed by atoms with Crippen molar-refractivity contribution in [3.63, 3.8) is 0 Å². The molecule has 6 heavy (non-hydrogen) atoms. The molecule has 0 radical (unpaired) electrons. The molecule has 0 saturated carbocycles. The van der Waals surface area contributed by atoms with Gasteiger partial charge in [0.1, 0.15) is 6.29 Å². The third-order valence-electron chi connectivity index (χ3n) is 0.0745. The highest BCUT2D eigenvalue weighted by Gasteiger charge is 1.53. The second-order valence-corrected chi connectivity index (χ2v) is 0.349. The van der Waals surface area contributed by atoms with Crippen LogP contribution in [0.1, 0.15) is 0 Å². The van der Waals surface area contributed by atoms with Gasteiger partial charge in [0.2, 0.25) is 0 Å². The molecule has 0 aliphatic carbocycles. The molecule has 0 heterocycles. The van der Waals surface area contributed by atoms with Crippen LogP contribution in [0.2, 0.25) is 0 Å². The van der Waals surface area contributed by atoms with Crippen molar-refractivity contribution in [1.29, 1.82) is 0 Å². The summed E-state index contributed by atoms with van der Waals surface area (Å²) in [5, 5.41) is 7.51. The lowest BCUT2D eigenvalue weighted by Gasteiger charge is -1.54. The van der Waals surface area contributed by atoms with Gasteiger partial charge in [0.05, 0.1) is 6.61 Å². The molecule has 4 heteroatoms. The minimum Gasteiger partial charge on any atom is -0.412 e. The predicted octanol–water partition coefficient (Wildman–Crippen LogP) is -2.47. The normalized spacial score (nSPS) is 4.17. The summed E-state index contributed by atoms with van der Waals surface area (Å²) < 4.78 is 0. The van der Waals surface area contributed by atoms with Gasteiger partial charge in [-0.05, 0) is 0 Å². The summed E-state index contributed by atoms with van der Waals surface area (Å²) in [6.45, 7) is -0.361. The highest BCUT2D eigenvalue weighted by Crippen LogP contribution is 1.27. The number of hydrogen-bond acceptors (Lipinski definition) is 2. The van der Waals surface area contributed by atoms with Crippen LogP contribution in [0.25, 0.3) is 0 Å². The summed E-state index contributed by atoms with van der Waals surface area (Å²) in [6, 6.07) is 0. The lowest BCUT2D eigenvalue weighted by Crippen LogP contribution is -1.75. The molecular formula is C2H8O4. The van der Waals surface area contributed by atoms with Crippen LogP contribution in [0, 0.1) is 0 Å². The largest absolute Gasteiger partial charge is 0.412 e. The zero-order valence-corrected chi connectivity index (χ0v) is 3.14. The number of aldehydes is 1. The first-order valence-electron chi connectivity index (χ1n) is 0.960. The molecule has 0 rings (SSSR count). The van der Waals surface area contributed by atoms with Crippen LogP contribution < -0.4 is 0 Å². The molecule has 0 aromatic carbocycles. The number of aliphatic hydroxyl groups excluding tert-OH is 1. The average molecular weight is 96.1 g/mol. The lowest BCUT2D eigenvalue weighted by molar-refractivity contribution is -0.110. The molecule has 0 aliphatic heterocycles. The quantitative estimate of drug-likeness (QED) is 0.365. The fourth-order valence-electron chi connectivity index (χ4n) is 0. The standard InChI is InChI=1S/C2H4O2.2H2O/c3-1-2-4;;/h1,4H,2H2;2*1H2. The molecule has 0 unspecified atom stereocenters. The van der Waals surface area contributed by atoms with Gasteiger partial charge in [-0.25, -0.2) is 0 Å². The molecule has 0 bridgehead atoms. The molecule has 0 aromatic rings. The Balaban J connectivity index is -0.0000000450. The fourth-order valence-corrected chi connectivity index (χ4v) is 0. The van der Waals surface area contributed by atoms with E-state index < -0.39 is 0 Å². The van der Waals surface area contributed by atoms with Gasteiger partial charge >= 0.3 is 0 Å². The third kappa shape index (κ3) is 76.3. The minimum atomic E-state index is -0.361. The molecular weight excluding hydrogens is 88.0 g/mol. The van der Waals surface area contributed by atoms with Gasteiger partial charge in [-0.2, -0.15) is 0 Å². The zero-order valence-electron chi connectivity index (χ0n) is 3.14. The van der Waals surface area contributed by atoms with E-state index in [1.165, 1.54) is 0 Å². The van der Waals surface area contributed by atoms with E-state index in [1.54, 1.807) is 0 Å². The highest BCUT2D eigenvalue weighted by molar-refractivity contribution is 5.49. The monoisotopic (exact) mass is 96.0 g/mol. The molecule has 0 saturated heterocycles.